The minimum Gasteiger partial charge on any atom is -0.285 e. The fraction of sp³-hybridized carbons (Fsp3) is 0.200. The second-order valence-electron chi connectivity index (χ2n) is 3.18. The molecule has 15 heavy (non-hydrogen) atoms. The number of hydrogen-bond donors (Lipinski definition) is 0. The van der Waals surface area contributed by atoms with E-state index in [2.05, 4.69) is 10.2 Å². The SMILES string of the molecule is Cc1cc(-n2cnnc2CCl)ccc1F. The maximum atomic E-state index is 13.1. The molecule has 1 heterocycles. The normalized spacial score (nSPS) is 10.6. The monoisotopic (exact) mass is 225 g/mol. The summed E-state index contributed by atoms with van der Waals surface area (Å²) in [5.74, 6) is 0.693. The lowest BCUT2D eigenvalue weighted by atomic mass is 10.2. The van der Waals surface area contributed by atoms with Crippen molar-refractivity contribution in [3.8, 4) is 5.69 Å². The summed E-state index contributed by atoms with van der Waals surface area (Å²) in [6.07, 6.45) is 1.56. The molecule has 0 saturated heterocycles. The molecule has 3 nitrogen and oxygen atoms in total. The van der Waals surface area contributed by atoms with Gasteiger partial charge in [-0.05, 0) is 30.7 Å². The summed E-state index contributed by atoms with van der Waals surface area (Å²) in [4.78, 5) is 0. The molecule has 0 amide bonds. The van der Waals surface area contributed by atoms with Gasteiger partial charge in [0.2, 0.25) is 0 Å². The molecule has 0 radical (unpaired) electrons. The molecule has 0 aliphatic rings. The lowest BCUT2D eigenvalue weighted by molar-refractivity contribution is 0.618. The van der Waals surface area contributed by atoms with E-state index in [1.807, 2.05) is 0 Å². The number of aromatic nitrogens is 3. The van der Waals surface area contributed by atoms with Crippen LogP contribution < -0.4 is 0 Å². The van der Waals surface area contributed by atoms with Gasteiger partial charge in [-0.25, -0.2) is 4.39 Å². The molecule has 2 aromatic rings. The molecule has 0 aliphatic carbocycles. The minimum absolute atomic E-state index is 0.223. The number of halogens is 2. The third kappa shape index (κ3) is 1.85. The first-order valence-electron chi connectivity index (χ1n) is 4.44. The standard InChI is InChI=1S/C10H9ClFN3/c1-7-4-8(2-3-9(7)12)15-6-13-14-10(15)5-11/h2-4,6H,5H2,1H3. The predicted octanol–water partition coefficient (Wildman–Crippen LogP) is 2.45. The van der Waals surface area contributed by atoms with Gasteiger partial charge in [-0.15, -0.1) is 21.8 Å². The largest absolute Gasteiger partial charge is 0.285 e. The van der Waals surface area contributed by atoms with Crippen molar-refractivity contribution in [2.75, 3.05) is 0 Å². The number of hydrogen-bond acceptors (Lipinski definition) is 2. The molecule has 0 bridgehead atoms. The Morgan fingerprint density at radius 2 is 2.27 bits per heavy atom. The number of nitrogens with zero attached hydrogens (tertiary/aromatic N) is 3. The van der Waals surface area contributed by atoms with Crippen LogP contribution in [0, 0.1) is 12.7 Å². The van der Waals surface area contributed by atoms with E-state index in [0.29, 0.717) is 11.4 Å². The second-order valence-corrected chi connectivity index (χ2v) is 3.45. The van der Waals surface area contributed by atoms with Crippen LogP contribution >= 0.6 is 11.6 Å². The van der Waals surface area contributed by atoms with Crippen molar-refractivity contribution in [2.45, 2.75) is 12.8 Å². The summed E-state index contributed by atoms with van der Waals surface area (Å²) in [5, 5.41) is 7.61. The summed E-state index contributed by atoms with van der Waals surface area (Å²) in [7, 11) is 0. The van der Waals surface area contributed by atoms with E-state index in [4.69, 9.17) is 11.6 Å². The molecular formula is C10H9ClFN3. The van der Waals surface area contributed by atoms with Crippen LogP contribution in [0.5, 0.6) is 0 Å². The van der Waals surface area contributed by atoms with Gasteiger partial charge in [0, 0.05) is 5.69 Å². The van der Waals surface area contributed by atoms with E-state index in [0.717, 1.165) is 5.69 Å². The van der Waals surface area contributed by atoms with Crippen LogP contribution in [-0.2, 0) is 5.88 Å². The molecule has 2 rings (SSSR count). The highest BCUT2D eigenvalue weighted by Crippen LogP contribution is 2.15. The Bertz CT molecular complexity index is 481. The highest BCUT2D eigenvalue weighted by Gasteiger charge is 2.06. The van der Waals surface area contributed by atoms with E-state index < -0.39 is 0 Å². The molecule has 0 fully saturated rings. The van der Waals surface area contributed by atoms with Gasteiger partial charge >= 0.3 is 0 Å². The van der Waals surface area contributed by atoms with Gasteiger partial charge in [-0.2, -0.15) is 0 Å². The molecule has 1 aromatic heterocycles. The van der Waals surface area contributed by atoms with Gasteiger partial charge in [0.15, 0.2) is 5.82 Å². The molecule has 0 unspecified atom stereocenters. The molecule has 0 saturated carbocycles. The highest BCUT2D eigenvalue weighted by molar-refractivity contribution is 6.16. The van der Waals surface area contributed by atoms with Crippen LogP contribution in [0.25, 0.3) is 5.69 Å². The number of aryl methyl sites for hydroxylation is 1. The maximum Gasteiger partial charge on any atom is 0.152 e. The fourth-order valence-corrected chi connectivity index (χ4v) is 1.53. The fourth-order valence-electron chi connectivity index (χ4n) is 1.34. The van der Waals surface area contributed by atoms with Crippen LogP contribution in [0.1, 0.15) is 11.4 Å². The van der Waals surface area contributed by atoms with Crippen LogP contribution in [0.2, 0.25) is 0 Å². The van der Waals surface area contributed by atoms with Crippen molar-refractivity contribution in [1.82, 2.24) is 14.8 Å². The van der Waals surface area contributed by atoms with E-state index >= 15 is 0 Å². The molecule has 78 valence electrons. The minimum atomic E-state index is -0.223. The van der Waals surface area contributed by atoms with Gasteiger partial charge in [0.1, 0.15) is 12.1 Å². The smallest absolute Gasteiger partial charge is 0.152 e. The zero-order valence-corrected chi connectivity index (χ0v) is 8.87. The molecular weight excluding hydrogens is 217 g/mol. The predicted molar refractivity (Wildman–Crippen MR) is 55.6 cm³/mol. The topological polar surface area (TPSA) is 30.7 Å². The first-order chi connectivity index (χ1) is 7.22. The Balaban J connectivity index is 2.50. The number of benzene rings is 1. The van der Waals surface area contributed by atoms with Crippen molar-refractivity contribution >= 4 is 11.6 Å². The van der Waals surface area contributed by atoms with Gasteiger partial charge in [-0.1, -0.05) is 0 Å². The van der Waals surface area contributed by atoms with Gasteiger partial charge in [0.05, 0.1) is 5.88 Å². The molecule has 0 aliphatic heterocycles. The van der Waals surface area contributed by atoms with E-state index in [1.165, 1.54) is 6.07 Å². The Labute approximate surface area is 91.5 Å². The Morgan fingerprint density at radius 3 is 2.93 bits per heavy atom. The van der Waals surface area contributed by atoms with Gasteiger partial charge < -0.3 is 0 Å². The third-order valence-corrected chi connectivity index (χ3v) is 2.40. The summed E-state index contributed by atoms with van der Waals surface area (Å²) in [6.45, 7) is 1.71. The molecule has 0 atom stereocenters. The average molecular weight is 226 g/mol. The van der Waals surface area contributed by atoms with Crippen LogP contribution in [-0.4, -0.2) is 14.8 Å². The lowest BCUT2D eigenvalue weighted by Gasteiger charge is -2.05. The molecule has 0 N–H and O–H groups in total. The lowest BCUT2D eigenvalue weighted by Crippen LogP contribution is -1.99. The van der Waals surface area contributed by atoms with Gasteiger partial charge in [-0.3, -0.25) is 4.57 Å². The van der Waals surface area contributed by atoms with E-state index in [1.54, 1.807) is 30.0 Å². The molecule has 0 spiro atoms. The van der Waals surface area contributed by atoms with Crippen LogP contribution in [0.3, 0.4) is 0 Å². The summed E-state index contributed by atoms with van der Waals surface area (Å²) >= 11 is 5.70. The third-order valence-electron chi connectivity index (χ3n) is 2.16. The van der Waals surface area contributed by atoms with Crippen molar-refractivity contribution in [3.05, 3.63) is 41.7 Å². The summed E-state index contributed by atoms with van der Waals surface area (Å²) in [5.41, 5.74) is 1.40. The highest BCUT2D eigenvalue weighted by atomic mass is 35.5. The maximum absolute atomic E-state index is 13.1. The van der Waals surface area contributed by atoms with E-state index in [-0.39, 0.29) is 11.7 Å². The average Bonchev–Trinajstić information content (AvgIpc) is 2.70. The molecule has 5 heteroatoms. The molecule has 1 aromatic carbocycles. The quantitative estimate of drug-likeness (QED) is 0.735. The second kappa shape index (κ2) is 3.98. The number of rotatable bonds is 2. The first-order valence-corrected chi connectivity index (χ1v) is 4.97. The van der Waals surface area contributed by atoms with Crippen LogP contribution in [0.4, 0.5) is 4.39 Å². The van der Waals surface area contributed by atoms with Gasteiger partial charge in [0.25, 0.3) is 0 Å². The number of alkyl halides is 1. The summed E-state index contributed by atoms with van der Waals surface area (Å²) < 4.78 is 14.8. The van der Waals surface area contributed by atoms with Crippen molar-refractivity contribution in [1.29, 1.82) is 0 Å². The van der Waals surface area contributed by atoms with Crippen molar-refractivity contribution < 1.29 is 4.39 Å². The zero-order valence-electron chi connectivity index (χ0n) is 8.11. The zero-order chi connectivity index (χ0) is 10.8. The van der Waals surface area contributed by atoms with Crippen LogP contribution in [0.15, 0.2) is 24.5 Å². The Morgan fingerprint density at radius 1 is 1.47 bits per heavy atom. The Hall–Kier alpha value is -1.42. The Kier molecular flexibility index (Phi) is 2.68. The first kappa shape index (κ1) is 10.1. The van der Waals surface area contributed by atoms with Crippen molar-refractivity contribution in [2.24, 2.45) is 0 Å². The summed E-state index contributed by atoms with van der Waals surface area (Å²) in [6, 6.07) is 4.82. The van der Waals surface area contributed by atoms with Crippen molar-refractivity contribution in [3.63, 3.8) is 0 Å². The van der Waals surface area contributed by atoms with E-state index in [9.17, 15) is 4.39 Å².